The van der Waals surface area contributed by atoms with Crippen LogP contribution in [0.3, 0.4) is 0 Å². The largest absolute Gasteiger partial charge is 0.495 e. The lowest BCUT2D eigenvalue weighted by Gasteiger charge is -2.34. The zero-order chi connectivity index (χ0) is 12.4. The van der Waals surface area contributed by atoms with Gasteiger partial charge in [-0.05, 0) is 24.6 Å². The molecule has 1 heterocycles. The van der Waals surface area contributed by atoms with Crippen molar-refractivity contribution in [1.82, 2.24) is 5.32 Å². The van der Waals surface area contributed by atoms with Crippen LogP contribution < -0.4 is 15.0 Å². The molecule has 2 N–H and O–H groups in total. The van der Waals surface area contributed by atoms with Crippen LogP contribution in [-0.4, -0.2) is 31.0 Å². The van der Waals surface area contributed by atoms with Crippen LogP contribution in [-0.2, 0) is 4.79 Å². The molecule has 1 saturated heterocycles. The van der Waals surface area contributed by atoms with E-state index in [9.17, 15) is 9.90 Å². The number of benzene rings is 1. The van der Waals surface area contributed by atoms with Gasteiger partial charge in [-0.3, -0.25) is 4.79 Å². The number of hydrogen-bond donors (Lipinski definition) is 2. The molecular formula is C12H16N2O3. The third kappa shape index (κ3) is 2.34. The van der Waals surface area contributed by atoms with E-state index >= 15 is 0 Å². The van der Waals surface area contributed by atoms with Gasteiger partial charge in [0.2, 0.25) is 12.3 Å². The molecule has 0 radical (unpaired) electrons. The summed E-state index contributed by atoms with van der Waals surface area (Å²) in [4.78, 5) is 12.9. The molecule has 1 aromatic rings. The molecule has 5 nitrogen and oxygen atoms in total. The van der Waals surface area contributed by atoms with Crippen molar-refractivity contribution in [2.45, 2.75) is 19.7 Å². The number of rotatable bonds is 2. The predicted molar refractivity (Wildman–Crippen MR) is 63.8 cm³/mol. The average molecular weight is 236 g/mol. The Kier molecular flexibility index (Phi) is 3.19. The van der Waals surface area contributed by atoms with Crippen molar-refractivity contribution in [3.63, 3.8) is 0 Å². The number of carbonyl (C=O) groups is 1. The van der Waals surface area contributed by atoms with Crippen LogP contribution >= 0.6 is 0 Å². The first-order chi connectivity index (χ1) is 8.11. The standard InChI is InChI=1S/C12H16N2O3/c1-8-3-4-10(17-2)9(7-8)14-6-5-11(15)13-12(14)16/h3-4,7,12,16H,5-6H2,1-2H3,(H,13,15). The molecule has 0 bridgehead atoms. The summed E-state index contributed by atoms with van der Waals surface area (Å²) in [5.74, 6) is 0.547. The van der Waals surface area contributed by atoms with Gasteiger partial charge in [-0.15, -0.1) is 0 Å². The van der Waals surface area contributed by atoms with Crippen LogP contribution in [0.4, 0.5) is 5.69 Å². The van der Waals surface area contributed by atoms with E-state index < -0.39 is 6.35 Å². The minimum absolute atomic E-state index is 0.139. The molecule has 5 heteroatoms. The van der Waals surface area contributed by atoms with E-state index in [4.69, 9.17) is 4.74 Å². The Balaban J connectivity index is 2.32. The monoisotopic (exact) mass is 236 g/mol. The van der Waals surface area contributed by atoms with Gasteiger partial charge >= 0.3 is 0 Å². The highest BCUT2D eigenvalue weighted by Crippen LogP contribution is 2.30. The van der Waals surface area contributed by atoms with Crippen LogP contribution in [0.5, 0.6) is 5.75 Å². The van der Waals surface area contributed by atoms with Crippen LogP contribution in [0.25, 0.3) is 0 Å². The van der Waals surface area contributed by atoms with Crippen molar-refractivity contribution in [2.24, 2.45) is 0 Å². The van der Waals surface area contributed by atoms with Gasteiger partial charge in [0.15, 0.2) is 0 Å². The maximum Gasteiger partial charge on any atom is 0.225 e. The molecule has 1 aromatic carbocycles. The van der Waals surface area contributed by atoms with Gasteiger partial charge in [-0.25, -0.2) is 0 Å². The maximum atomic E-state index is 11.1. The molecule has 92 valence electrons. The fourth-order valence-electron chi connectivity index (χ4n) is 1.92. The minimum Gasteiger partial charge on any atom is -0.495 e. The normalized spacial score (nSPS) is 20.1. The van der Waals surface area contributed by atoms with E-state index in [1.165, 1.54) is 0 Å². The van der Waals surface area contributed by atoms with E-state index in [0.717, 1.165) is 11.3 Å². The fraction of sp³-hybridized carbons (Fsp3) is 0.417. The second kappa shape index (κ2) is 4.63. The Morgan fingerprint density at radius 3 is 2.94 bits per heavy atom. The molecule has 0 aromatic heterocycles. The molecule has 2 rings (SSSR count). The summed E-state index contributed by atoms with van der Waals surface area (Å²) in [6, 6.07) is 5.73. The number of aliphatic hydroxyl groups is 1. The zero-order valence-corrected chi connectivity index (χ0v) is 9.93. The molecule has 1 aliphatic heterocycles. The molecule has 1 amide bonds. The molecule has 1 atom stereocenters. The number of methoxy groups -OCH3 is 1. The molecule has 0 spiro atoms. The predicted octanol–water partition coefficient (Wildman–Crippen LogP) is 0.606. The number of hydrogen-bond acceptors (Lipinski definition) is 4. The summed E-state index contributed by atoms with van der Waals surface area (Å²) in [6.07, 6.45) is -0.624. The molecule has 1 fully saturated rings. The minimum atomic E-state index is -0.994. The molecule has 0 aliphatic carbocycles. The summed E-state index contributed by atoms with van der Waals surface area (Å²) in [5, 5.41) is 12.3. The summed E-state index contributed by atoms with van der Waals surface area (Å²) in [5.41, 5.74) is 1.87. The second-order valence-electron chi connectivity index (χ2n) is 4.06. The Labute approximate surface area is 100.0 Å². The molecule has 17 heavy (non-hydrogen) atoms. The number of carbonyl (C=O) groups excluding carboxylic acids is 1. The number of aliphatic hydroxyl groups excluding tert-OH is 1. The van der Waals surface area contributed by atoms with Gasteiger partial charge in [0.05, 0.1) is 12.8 Å². The van der Waals surface area contributed by atoms with E-state index in [-0.39, 0.29) is 5.91 Å². The maximum absolute atomic E-state index is 11.1. The van der Waals surface area contributed by atoms with Crippen molar-refractivity contribution in [3.8, 4) is 5.75 Å². The smallest absolute Gasteiger partial charge is 0.225 e. The van der Waals surface area contributed by atoms with Gasteiger partial charge < -0.3 is 20.1 Å². The average Bonchev–Trinajstić information content (AvgIpc) is 2.29. The number of amides is 1. The van der Waals surface area contributed by atoms with Gasteiger partial charge in [-0.2, -0.15) is 0 Å². The van der Waals surface area contributed by atoms with E-state index in [2.05, 4.69) is 5.32 Å². The third-order valence-electron chi connectivity index (χ3n) is 2.81. The van der Waals surface area contributed by atoms with Crippen molar-refractivity contribution in [1.29, 1.82) is 0 Å². The van der Waals surface area contributed by atoms with Crippen LogP contribution in [0.1, 0.15) is 12.0 Å². The quantitative estimate of drug-likeness (QED) is 0.789. The number of ether oxygens (including phenoxy) is 1. The van der Waals surface area contributed by atoms with Crippen LogP contribution in [0.2, 0.25) is 0 Å². The van der Waals surface area contributed by atoms with Gasteiger partial charge in [0, 0.05) is 13.0 Å². The first kappa shape index (κ1) is 11.7. The van der Waals surface area contributed by atoms with E-state index in [1.54, 1.807) is 12.0 Å². The molecule has 0 saturated carbocycles. The molecular weight excluding hydrogens is 220 g/mol. The number of aryl methyl sites for hydroxylation is 1. The zero-order valence-electron chi connectivity index (χ0n) is 9.93. The lowest BCUT2D eigenvalue weighted by Crippen LogP contribution is -2.54. The number of anilines is 1. The highest BCUT2D eigenvalue weighted by molar-refractivity contribution is 5.79. The fourth-order valence-corrected chi connectivity index (χ4v) is 1.92. The highest BCUT2D eigenvalue weighted by Gasteiger charge is 2.26. The Bertz CT molecular complexity index is 434. The van der Waals surface area contributed by atoms with Crippen molar-refractivity contribution in [2.75, 3.05) is 18.6 Å². The topological polar surface area (TPSA) is 61.8 Å². The number of nitrogens with one attached hydrogen (secondary N) is 1. The summed E-state index contributed by atoms with van der Waals surface area (Å²) in [6.45, 7) is 2.45. The second-order valence-corrected chi connectivity index (χ2v) is 4.06. The summed E-state index contributed by atoms with van der Waals surface area (Å²) >= 11 is 0. The third-order valence-corrected chi connectivity index (χ3v) is 2.81. The lowest BCUT2D eigenvalue weighted by atomic mass is 10.1. The highest BCUT2D eigenvalue weighted by atomic mass is 16.5. The SMILES string of the molecule is COc1ccc(C)cc1N1CCC(=O)NC1O. The Hall–Kier alpha value is -1.75. The van der Waals surface area contributed by atoms with E-state index in [0.29, 0.717) is 18.7 Å². The van der Waals surface area contributed by atoms with Gasteiger partial charge in [-0.1, -0.05) is 6.07 Å². The summed E-state index contributed by atoms with van der Waals surface area (Å²) in [7, 11) is 1.59. The van der Waals surface area contributed by atoms with E-state index in [1.807, 2.05) is 25.1 Å². The Morgan fingerprint density at radius 2 is 2.29 bits per heavy atom. The van der Waals surface area contributed by atoms with Crippen molar-refractivity contribution < 1.29 is 14.6 Å². The molecule has 1 aliphatic rings. The van der Waals surface area contributed by atoms with Crippen molar-refractivity contribution in [3.05, 3.63) is 23.8 Å². The van der Waals surface area contributed by atoms with Gasteiger partial charge in [0.25, 0.3) is 0 Å². The van der Waals surface area contributed by atoms with Crippen LogP contribution in [0.15, 0.2) is 18.2 Å². The lowest BCUT2D eigenvalue weighted by molar-refractivity contribution is -0.125. The van der Waals surface area contributed by atoms with Crippen LogP contribution in [0, 0.1) is 6.92 Å². The first-order valence-corrected chi connectivity index (χ1v) is 5.50. The number of nitrogens with zero attached hydrogens (tertiary/aromatic N) is 1. The Morgan fingerprint density at radius 1 is 1.53 bits per heavy atom. The molecule has 1 unspecified atom stereocenters. The van der Waals surface area contributed by atoms with Gasteiger partial charge in [0.1, 0.15) is 5.75 Å². The first-order valence-electron chi connectivity index (χ1n) is 5.50. The summed E-state index contributed by atoms with van der Waals surface area (Å²) < 4.78 is 5.26. The van der Waals surface area contributed by atoms with Crippen molar-refractivity contribution >= 4 is 11.6 Å².